The zero-order chi connectivity index (χ0) is 22.2. The van der Waals surface area contributed by atoms with E-state index in [-0.39, 0.29) is 5.41 Å². The lowest BCUT2D eigenvalue weighted by Gasteiger charge is -2.29. The van der Waals surface area contributed by atoms with Crippen LogP contribution in [0.25, 0.3) is 11.1 Å². The van der Waals surface area contributed by atoms with Gasteiger partial charge < -0.3 is 15.8 Å². The maximum absolute atomic E-state index is 14.0. The zero-order valence-corrected chi connectivity index (χ0v) is 18.2. The lowest BCUT2D eigenvalue weighted by molar-refractivity contribution is 0.254. The predicted molar refractivity (Wildman–Crippen MR) is 122 cm³/mol. The Hall–Kier alpha value is -3.08. The number of fused-ring (bicyclic) bond motifs is 1. The second-order valence-electron chi connectivity index (χ2n) is 8.47. The van der Waals surface area contributed by atoms with E-state index in [1.54, 1.807) is 0 Å². The van der Waals surface area contributed by atoms with E-state index in [4.69, 9.17) is 10.5 Å². The summed E-state index contributed by atoms with van der Waals surface area (Å²) >= 11 is 0. The van der Waals surface area contributed by atoms with Crippen LogP contribution in [-0.4, -0.2) is 6.61 Å². The minimum absolute atomic E-state index is 0.115. The molecule has 31 heavy (non-hydrogen) atoms. The molecule has 0 unspecified atom stereocenters. The van der Waals surface area contributed by atoms with Crippen LogP contribution in [0.2, 0.25) is 0 Å². The van der Waals surface area contributed by atoms with E-state index in [9.17, 15) is 8.78 Å². The summed E-state index contributed by atoms with van der Waals surface area (Å²) in [4.78, 5) is 0. The number of nitrogens with one attached hydrogen (secondary N) is 1. The highest BCUT2D eigenvalue weighted by Crippen LogP contribution is 2.60. The van der Waals surface area contributed by atoms with Crippen LogP contribution in [0.3, 0.4) is 0 Å². The van der Waals surface area contributed by atoms with Gasteiger partial charge in [-0.25, -0.2) is 8.78 Å². The molecule has 1 saturated carbocycles. The monoisotopic (exact) mass is 422 g/mol. The van der Waals surface area contributed by atoms with Crippen LogP contribution in [0.4, 0.5) is 14.5 Å². The van der Waals surface area contributed by atoms with E-state index in [2.05, 4.69) is 24.4 Å². The van der Waals surface area contributed by atoms with Gasteiger partial charge in [0, 0.05) is 34.1 Å². The van der Waals surface area contributed by atoms with Gasteiger partial charge in [-0.2, -0.15) is 0 Å². The number of halogens is 2. The lowest BCUT2D eigenvalue weighted by atomic mass is 9.86. The number of anilines is 1. The highest BCUT2D eigenvalue weighted by Gasteiger charge is 2.50. The van der Waals surface area contributed by atoms with Crippen LogP contribution in [0, 0.1) is 17.0 Å². The van der Waals surface area contributed by atoms with Gasteiger partial charge in [0.2, 0.25) is 0 Å². The smallest absolute Gasteiger partial charge is 0.162 e. The van der Waals surface area contributed by atoms with Crippen molar-refractivity contribution < 1.29 is 13.5 Å². The van der Waals surface area contributed by atoms with Crippen molar-refractivity contribution in [1.82, 2.24) is 0 Å². The summed E-state index contributed by atoms with van der Waals surface area (Å²) in [7, 11) is 0. The first-order chi connectivity index (χ1) is 14.8. The maximum Gasteiger partial charge on any atom is 0.162 e. The molecule has 4 rings (SSSR count). The molecule has 2 aromatic carbocycles. The molecule has 0 amide bonds. The number of allylic oxidation sites excluding steroid dienone is 4. The van der Waals surface area contributed by atoms with Crippen molar-refractivity contribution in [2.75, 3.05) is 11.9 Å². The number of benzene rings is 2. The zero-order valence-electron chi connectivity index (χ0n) is 18.2. The van der Waals surface area contributed by atoms with Crippen molar-refractivity contribution >= 4 is 16.8 Å². The first-order valence-corrected chi connectivity index (χ1v) is 10.7. The van der Waals surface area contributed by atoms with Gasteiger partial charge in [0.25, 0.3) is 0 Å². The van der Waals surface area contributed by atoms with Crippen molar-refractivity contribution in [3.05, 3.63) is 82.7 Å². The fourth-order valence-electron chi connectivity index (χ4n) is 3.95. The summed E-state index contributed by atoms with van der Waals surface area (Å²) in [5.41, 5.74) is 12.3. The Labute approximate surface area is 182 Å². The van der Waals surface area contributed by atoms with Crippen LogP contribution < -0.4 is 15.8 Å². The van der Waals surface area contributed by atoms with Crippen LogP contribution in [0.15, 0.2) is 59.9 Å². The van der Waals surface area contributed by atoms with Gasteiger partial charge in [0.1, 0.15) is 5.75 Å². The van der Waals surface area contributed by atoms with Gasteiger partial charge in [-0.15, -0.1) is 0 Å². The number of ether oxygens (including phenoxy) is 1. The topological polar surface area (TPSA) is 47.3 Å². The summed E-state index contributed by atoms with van der Waals surface area (Å²) in [5, 5.41) is 3.47. The fraction of sp³-hybridized carbons (Fsp3) is 0.308. The molecule has 2 aromatic rings. The molecule has 1 aliphatic carbocycles. The Balaban J connectivity index is 1.68. The van der Waals surface area contributed by atoms with Crippen molar-refractivity contribution in [3.63, 3.8) is 0 Å². The summed E-state index contributed by atoms with van der Waals surface area (Å²) < 4.78 is 33.6. The highest BCUT2D eigenvalue weighted by molar-refractivity contribution is 5.81. The van der Waals surface area contributed by atoms with Crippen molar-refractivity contribution in [2.24, 2.45) is 11.1 Å². The first-order valence-electron chi connectivity index (χ1n) is 10.7. The van der Waals surface area contributed by atoms with Crippen LogP contribution in [0.5, 0.6) is 5.75 Å². The Morgan fingerprint density at radius 3 is 2.42 bits per heavy atom. The molecule has 2 aliphatic rings. The Morgan fingerprint density at radius 2 is 1.81 bits per heavy atom. The third-order valence-corrected chi connectivity index (χ3v) is 6.16. The largest absolute Gasteiger partial charge is 0.492 e. The molecular weight excluding hydrogens is 394 g/mol. The molecule has 1 fully saturated rings. The minimum Gasteiger partial charge on any atom is -0.492 e. The summed E-state index contributed by atoms with van der Waals surface area (Å²) in [6.45, 7) is 6.46. The van der Waals surface area contributed by atoms with Crippen molar-refractivity contribution in [2.45, 2.75) is 40.0 Å². The molecule has 1 aliphatic heterocycles. The average molecular weight is 423 g/mol. The SMILES string of the molecule is CC/C=C(\C=C1/c2cc(F)c(F)cc2OCC12CC2)Nc1ccc(/C(C)=C(\C)N)cc1. The van der Waals surface area contributed by atoms with Crippen LogP contribution in [-0.2, 0) is 0 Å². The number of nitrogens with two attached hydrogens (primary N) is 1. The molecule has 0 aromatic heterocycles. The lowest BCUT2D eigenvalue weighted by Crippen LogP contribution is -2.22. The Morgan fingerprint density at radius 1 is 1.13 bits per heavy atom. The van der Waals surface area contributed by atoms with Crippen molar-refractivity contribution in [1.29, 1.82) is 0 Å². The van der Waals surface area contributed by atoms with Crippen LogP contribution >= 0.6 is 0 Å². The van der Waals surface area contributed by atoms with Crippen molar-refractivity contribution in [3.8, 4) is 5.75 Å². The summed E-state index contributed by atoms with van der Waals surface area (Å²) in [6.07, 6.45) is 6.97. The molecule has 5 heteroatoms. The predicted octanol–water partition coefficient (Wildman–Crippen LogP) is 6.64. The summed E-state index contributed by atoms with van der Waals surface area (Å²) in [5.74, 6) is -1.33. The number of hydrogen-bond acceptors (Lipinski definition) is 3. The normalized spacial score (nSPS) is 19.0. The molecule has 1 heterocycles. The van der Waals surface area contributed by atoms with E-state index >= 15 is 0 Å². The number of hydrogen-bond donors (Lipinski definition) is 2. The molecular formula is C26H28F2N2O. The number of rotatable bonds is 5. The van der Waals surface area contributed by atoms with Gasteiger partial charge in [-0.05, 0) is 74.1 Å². The molecule has 0 bridgehead atoms. The fourth-order valence-corrected chi connectivity index (χ4v) is 3.95. The third-order valence-electron chi connectivity index (χ3n) is 6.16. The molecule has 1 spiro atoms. The third kappa shape index (κ3) is 4.22. The van der Waals surface area contributed by atoms with E-state index in [1.807, 2.05) is 38.1 Å². The molecule has 162 valence electrons. The molecule has 0 atom stereocenters. The van der Waals surface area contributed by atoms with Gasteiger partial charge in [-0.1, -0.05) is 25.1 Å². The van der Waals surface area contributed by atoms with Gasteiger partial charge in [-0.3, -0.25) is 0 Å². The van der Waals surface area contributed by atoms with Crippen LogP contribution in [0.1, 0.15) is 51.2 Å². The maximum atomic E-state index is 14.0. The molecule has 0 radical (unpaired) electrons. The Bertz CT molecular complexity index is 1090. The van der Waals surface area contributed by atoms with E-state index in [0.29, 0.717) is 17.9 Å². The second kappa shape index (κ2) is 8.22. The minimum atomic E-state index is -0.885. The summed E-state index contributed by atoms with van der Waals surface area (Å²) in [6, 6.07) is 10.5. The van der Waals surface area contributed by atoms with Gasteiger partial charge in [0.05, 0.1) is 6.61 Å². The molecule has 0 saturated heterocycles. The average Bonchev–Trinajstić information content (AvgIpc) is 3.52. The van der Waals surface area contributed by atoms with E-state index in [0.717, 1.165) is 59.1 Å². The first kappa shape index (κ1) is 21.2. The van der Waals surface area contributed by atoms with Gasteiger partial charge in [0.15, 0.2) is 11.6 Å². The second-order valence-corrected chi connectivity index (χ2v) is 8.47. The standard InChI is InChI=1S/C26H28F2N2O/c1-4-5-20(30-19-8-6-18(7-9-19)16(2)17(3)29)12-22-21-13-23(27)24(28)14-25(21)31-15-26(22)10-11-26/h5-9,12-14,30H,4,10-11,15,29H2,1-3H3/b17-16+,20-5+,22-12+. The van der Waals surface area contributed by atoms with Gasteiger partial charge >= 0.3 is 0 Å². The quantitative estimate of drug-likeness (QED) is 0.568. The van der Waals surface area contributed by atoms with E-state index in [1.165, 1.54) is 6.07 Å². The molecule has 3 N–H and O–H groups in total. The molecule has 3 nitrogen and oxygen atoms in total. The Kier molecular flexibility index (Phi) is 5.61. The van der Waals surface area contributed by atoms with E-state index < -0.39 is 11.6 Å². The highest BCUT2D eigenvalue weighted by atomic mass is 19.2.